The van der Waals surface area contributed by atoms with Crippen LogP contribution in [0.25, 0.3) is 11.5 Å². The minimum atomic E-state index is 0.526. The summed E-state index contributed by atoms with van der Waals surface area (Å²) in [7, 11) is 3.30. The number of aryl methyl sites for hydroxylation is 1. The molecule has 3 aromatic rings. The lowest BCUT2D eigenvalue weighted by Crippen LogP contribution is -1.92. The fourth-order valence-corrected chi connectivity index (χ4v) is 3.06. The zero-order chi connectivity index (χ0) is 16.9. The first kappa shape index (κ1) is 16.4. The molecule has 0 radical (unpaired) electrons. The zero-order valence-electron chi connectivity index (χ0n) is 13.8. The number of hydrogen-bond acceptors (Lipinski definition) is 6. The molecule has 2 aromatic carbocycles. The van der Waals surface area contributed by atoms with Gasteiger partial charge in [0.25, 0.3) is 5.22 Å². The van der Waals surface area contributed by atoms with E-state index >= 15 is 0 Å². The van der Waals surface area contributed by atoms with Gasteiger partial charge in [-0.25, -0.2) is 0 Å². The summed E-state index contributed by atoms with van der Waals surface area (Å²) < 4.78 is 16.4. The summed E-state index contributed by atoms with van der Waals surface area (Å²) >= 11 is 1.47. The zero-order valence-corrected chi connectivity index (χ0v) is 14.6. The molecule has 1 heterocycles. The number of methoxy groups -OCH3 is 2. The predicted molar refractivity (Wildman–Crippen MR) is 93.6 cm³/mol. The molecule has 0 atom stereocenters. The molecule has 3 rings (SSSR count). The Balaban J connectivity index is 1.75. The Morgan fingerprint density at radius 3 is 2.62 bits per heavy atom. The Labute approximate surface area is 145 Å². The summed E-state index contributed by atoms with van der Waals surface area (Å²) in [4.78, 5) is 0. The van der Waals surface area contributed by atoms with E-state index in [9.17, 15) is 0 Å². The van der Waals surface area contributed by atoms with Gasteiger partial charge >= 0.3 is 0 Å². The summed E-state index contributed by atoms with van der Waals surface area (Å²) in [5, 5.41) is 8.79. The first-order valence-corrected chi connectivity index (χ1v) is 8.43. The molecule has 6 heteroatoms. The number of nitrogens with zero attached hydrogens (tertiary/aromatic N) is 2. The number of ether oxygens (including phenoxy) is 2. The van der Waals surface area contributed by atoms with Crippen LogP contribution in [0.2, 0.25) is 0 Å². The highest BCUT2D eigenvalue weighted by atomic mass is 32.2. The SMILES string of the molecule is COc1ccc(OC)c(CSc2nnc(-c3ccccc3C)o2)c1. The van der Waals surface area contributed by atoms with Crippen molar-refractivity contribution in [2.75, 3.05) is 14.2 Å². The third-order valence-corrected chi connectivity index (χ3v) is 4.49. The molecule has 0 aliphatic carbocycles. The molecule has 0 fully saturated rings. The monoisotopic (exact) mass is 342 g/mol. The minimum Gasteiger partial charge on any atom is -0.497 e. The molecular formula is C18H18N2O3S. The van der Waals surface area contributed by atoms with Crippen LogP contribution in [0.3, 0.4) is 0 Å². The molecule has 1 aromatic heterocycles. The Hall–Kier alpha value is -2.47. The van der Waals surface area contributed by atoms with Crippen LogP contribution < -0.4 is 9.47 Å². The van der Waals surface area contributed by atoms with E-state index in [0.29, 0.717) is 16.9 Å². The van der Waals surface area contributed by atoms with Gasteiger partial charge < -0.3 is 13.9 Å². The molecular weight excluding hydrogens is 324 g/mol. The quantitative estimate of drug-likeness (QED) is 0.621. The molecule has 0 saturated heterocycles. The molecule has 0 spiro atoms. The Kier molecular flexibility index (Phi) is 5.05. The standard InChI is InChI=1S/C18H18N2O3S/c1-12-6-4-5-7-15(12)17-19-20-18(23-17)24-11-13-10-14(21-2)8-9-16(13)22-3/h4-10H,11H2,1-3H3. The van der Waals surface area contributed by atoms with E-state index in [0.717, 1.165) is 28.2 Å². The second-order valence-corrected chi connectivity index (χ2v) is 6.08. The number of rotatable bonds is 6. The number of aromatic nitrogens is 2. The van der Waals surface area contributed by atoms with Gasteiger partial charge in [-0.3, -0.25) is 0 Å². The minimum absolute atomic E-state index is 0.526. The van der Waals surface area contributed by atoms with Crippen LogP contribution in [0.4, 0.5) is 0 Å². The van der Waals surface area contributed by atoms with Crippen molar-refractivity contribution in [1.82, 2.24) is 10.2 Å². The highest BCUT2D eigenvalue weighted by Gasteiger charge is 2.12. The summed E-state index contributed by atoms with van der Waals surface area (Å²) in [5.74, 6) is 2.78. The van der Waals surface area contributed by atoms with Gasteiger partial charge in [-0.05, 0) is 36.8 Å². The molecule has 0 N–H and O–H groups in total. The van der Waals surface area contributed by atoms with E-state index in [1.807, 2.05) is 49.4 Å². The third-order valence-electron chi connectivity index (χ3n) is 3.62. The van der Waals surface area contributed by atoms with Crippen LogP contribution in [-0.4, -0.2) is 24.4 Å². The van der Waals surface area contributed by atoms with E-state index in [2.05, 4.69) is 10.2 Å². The highest BCUT2D eigenvalue weighted by Crippen LogP contribution is 2.31. The van der Waals surface area contributed by atoms with Crippen LogP contribution in [0.5, 0.6) is 11.5 Å². The van der Waals surface area contributed by atoms with Crippen molar-refractivity contribution in [3.8, 4) is 23.0 Å². The van der Waals surface area contributed by atoms with Crippen molar-refractivity contribution < 1.29 is 13.9 Å². The Morgan fingerprint density at radius 1 is 1.04 bits per heavy atom. The van der Waals surface area contributed by atoms with E-state index in [4.69, 9.17) is 13.9 Å². The average molecular weight is 342 g/mol. The number of thioether (sulfide) groups is 1. The molecule has 0 unspecified atom stereocenters. The molecule has 0 bridgehead atoms. The number of hydrogen-bond donors (Lipinski definition) is 0. The highest BCUT2D eigenvalue weighted by molar-refractivity contribution is 7.98. The first-order valence-electron chi connectivity index (χ1n) is 7.44. The second kappa shape index (κ2) is 7.40. The Bertz CT molecular complexity index is 833. The van der Waals surface area contributed by atoms with Crippen molar-refractivity contribution in [3.63, 3.8) is 0 Å². The van der Waals surface area contributed by atoms with E-state index in [1.165, 1.54) is 11.8 Å². The van der Waals surface area contributed by atoms with Gasteiger partial charge in [-0.15, -0.1) is 10.2 Å². The topological polar surface area (TPSA) is 57.4 Å². The third kappa shape index (κ3) is 3.54. The molecule has 0 aliphatic heterocycles. The first-order chi connectivity index (χ1) is 11.7. The van der Waals surface area contributed by atoms with E-state index in [-0.39, 0.29) is 0 Å². The normalized spacial score (nSPS) is 10.6. The summed E-state index contributed by atoms with van der Waals surface area (Å²) in [6, 6.07) is 13.7. The predicted octanol–water partition coefficient (Wildman–Crippen LogP) is 4.35. The van der Waals surface area contributed by atoms with Crippen LogP contribution in [0.1, 0.15) is 11.1 Å². The Morgan fingerprint density at radius 2 is 1.88 bits per heavy atom. The van der Waals surface area contributed by atoms with Gasteiger partial charge in [0, 0.05) is 16.9 Å². The van der Waals surface area contributed by atoms with Gasteiger partial charge in [-0.1, -0.05) is 30.0 Å². The molecule has 24 heavy (non-hydrogen) atoms. The van der Waals surface area contributed by atoms with Crippen molar-refractivity contribution in [2.45, 2.75) is 17.9 Å². The fourth-order valence-electron chi connectivity index (χ4n) is 2.32. The van der Waals surface area contributed by atoms with E-state index in [1.54, 1.807) is 14.2 Å². The lowest BCUT2D eigenvalue weighted by atomic mass is 10.1. The van der Waals surface area contributed by atoms with Gasteiger partial charge in [-0.2, -0.15) is 0 Å². The van der Waals surface area contributed by atoms with Gasteiger partial charge in [0.05, 0.1) is 14.2 Å². The van der Waals surface area contributed by atoms with Crippen LogP contribution >= 0.6 is 11.8 Å². The van der Waals surface area contributed by atoms with Crippen LogP contribution in [0.15, 0.2) is 52.1 Å². The molecule has 0 saturated carbocycles. The van der Waals surface area contributed by atoms with Crippen LogP contribution in [0, 0.1) is 6.92 Å². The lowest BCUT2D eigenvalue weighted by Gasteiger charge is -2.09. The largest absolute Gasteiger partial charge is 0.497 e. The van der Waals surface area contributed by atoms with Crippen molar-refractivity contribution >= 4 is 11.8 Å². The summed E-state index contributed by atoms with van der Waals surface area (Å²) in [5.41, 5.74) is 3.07. The van der Waals surface area contributed by atoms with Gasteiger partial charge in [0.1, 0.15) is 11.5 Å². The molecule has 124 valence electrons. The summed E-state index contributed by atoms with van der Waals surface area (Å²) in [6.45, 7) is 2.02. The maximum atomic E-state index is 5.77. The number of benzene rings is 2. The molecule has 5 nitrogen and oxygen atoms in total. The fraction of sp³-hybridized carbons (Fsp3) is 0.222. The maximum absolute atomic E-state index is 5.77. The van der Waals surface area contributed by atoms with E-state index < -0.39 is 0 Å². The maximum Gasteiger partial charge on any atom is 0.277 e. The van der Waals surface area contributed by atoms with Gasteiger partial charge in [0.2, 0.25) is 5.89 Å². The lowest BCUT2D eigenvalue weighted by molar-refractivity contribution is 0.400. The molecule has 0 amide bonds. The average Bonchev–Trinajstić information content (AvgIpc) is 3.08. The van der Waals surface area contributed by atoms with Crippen LogP contribution in [-0.2, 0) is 5.75 Å². The van der Waals surface area contributed by atoms with Crippen molar-refractivity contribution in [3.05, 3.63) is 53.6 Å². The summed E-state index contributed by atoms with van der Waals surface area (Å²) in [6.07, 6.45) is 0. The second-order valence-electron chi connectivity index (χ2n) is 5.15. The van der Waals surface area contributed by atoms with Gasteiger partial charge in [0.15, 0.2) is 0 Å². The molecule has 0 aliphatic rings. The smallest absolute Gasteiger partial charge is 0.277 e. The van der Waals surface area contributed by atoms with Crippen molar-refractivity contribution in [2.24, 2.45) is 0 Å². The van der Waals surface area contributed by atoms with Crippen molar-refractivity contribution in [1.29, 1.82) is 0 Å².